The molecule has 1 aromatic carbocycles. The predicted octanol–water partition coefficient (Wildman–Crippen LogP) is 1.07. The molecule has 3 aliphatic heterocycles. The van der Waals surface area contributed by atoms with Crippen LogP contribution in [0, 0.1) is 5.41 Å². The van der Waals surface area contributed by atoms with Gasteiger partial charge in [0.2, 0.25) is 11.8 Å². The summed E-state index contributed by atoms with van der Waals surface area (Å²) in [4.78, 5) is 38.4. The number of rotatable bonds is 6. The molecule has 7 heteroatoms. The minimum atomic E-state index is -0.558. The maximum atomic E-state index is 13.1. The van der Waals surface area contributed by atoms with Gasteiger partial charge in [-0.05, 0) is 55.2 Å². The van der Waals surface area contributed by atoms with E-state index in [1.807, 2.05) is 18.2 Å². The van der Waals surface area contributed by atoms with Crippen molar-refractivity contribution in [3.63, 3.8) is 0 Å². The molecule has 3 heterocycles. The van der Waals surface area contributed by atoms with E-state index in [1.54, 1.807) is 4.90 Å². The molecule has 2 bridgehead atoms. The van der Waals surface area contributed by atoms with Gasteiger partial charge in [-0.2, -0.15) is 0 Å². The van der Waals surface area contributed by atoms with Crippen LogP contribution in [-0.4, -0.2) is 47.8 Å². The molecule has 3 unspecified atom stereocenters. The van der Waals surface area contributed by atoms with Gasteiger partial charge in [0.1, 0.15) is 6.04 Å². The van der Waals surface area contributed by atoms with E-state index in [-0.39, 0.29) is 24.1 Å². The number of carbonyl (C=O) groups excluding carboxylic acids is 3. The first kappa shape index (κ1) is 18.8. The largest absolute Gasteiger partial charge is 0.322 e. The van der Waals surface area contributed by atoms with Gasteiger partial charge in [-0.1, -0.05) is 18.2 Å². The molecule has 3 amide bonds. The lowest BCUT2D eigenvalue weighted by Crippen LogP contribution is -2.52. The van der Waals surface area contributed by atoms with Crippen LogP contribution in [0.1, 0.15) is 60.0 Å². The topological polar surface area (TPSA) is 90.5 Å². The summed E-state index contributed by atoms with van der Waals surface area (Å²) < 4.78 is 0. The van der Waals surface area contributed by atoms with Gasteiger partial charge in [0.25, 0.3) is 5.91 Å². The Morgan fingerprint density at radius 2 is 2.10 bits per heavy atom. The first-order chi connectivity index (χ1) is 14.0. The second kappa shape index (κ2) is 7.22. The van der Waals surface area contributed by atoms with Crippen LogP contribution >= 0.6 is 0 Å². The molecular weight excluding hydrogens is 368 g/mol. The van der Waals surface area contributed by atoms with E-state index in [1.165, 1.54) is 25.7 Å². The van der Waals surface area contributed by atoms with Crippen molar-refractivity contribution in [3.8, 4) is 0 Å². The minimum absolute atomic E-state index is 0.0934. The van der Waals surface area contributed by atoms with Crippen LogP contribution < -0.4 is 16.0 Å². The zero-order valence-electron chi connectivity index (χ0n) is 16.6. The van der Waals surface area contributed by atoms with E-state index in [9.17, 15) is 14.4 Å². The highest BCUT2D eigenvalue weighted by Crippen LogP contribution is 2.45. The summed E-state index contributed by atoms with van der Waals surface area (Å²) in [6, 6.07) is 6.11. The van der Waals surface area contributed by atoms with Crippen molar-refractivity contribution in [1.29, 1.82) is 0 Å². The maximum absolute atomic E-state index is 13.1. The van der Waals surface area contributed by atoms with Gasteiger partial charge < -0.3 is 15.5 Å². The van der Waals surface area contributed by atoms with Crippen molar-refractivity contribution in [2.75, 3.05) is 13.1 Å². The van der Waals surface area contributed by atoms with Crippen LogP contribution in [0.4, 0.5) is 0 Å². The van der Waals surface area contributed by atoms with E-state index in [2.05, 4.69) is 16.0 Å². The third kappa shape index (κ3) is 3.36. The Labute approximate surface area is 170 Å². The molecule has 1 saturated carbocycles. The zero-order valence-corrected chi connectivity index (χ0v) is 16.6. The molecule has 1 aromatic rings. The Kier molecular flexibility index (Phi) is 4.67. The predicted molar refractivity (Wildman–Crippen MR) is 107 cm³/mol. The molecule has 154 valence electrons. The first-order valence-electron chi connectivity index (χ1n) is 10.7. The monoisotopic (exact) mass is 396 g/mol. The summed E-state index contributed by atoms with van der Waals surface area (Å²) in [6.07, 6.45) is 5.78. The number of fused-ring (bicyclic) bond motifs is 3. The second-order valence-corrected chi connectivity index (χ2v) is 9.10. The number of hydrogen-bond donors (Lipinski definition) is 3. The summed E-state index contributed by atoms with van der Waals surface area (Å²) in [5.74, 6) is -0.712. The number of nitrogens with one attached hydrogen (secondary N) is 3. The summed E-state index contributed by atoms with van der Waals surface area (Å²) in [6.45, 7) is 3.18. The van der Waals surface area contributed by atoms with Crippen molar-refractivity contribution >= 4 is 17.7 Å². The summed E-state index contributed by atoms with van der Waals surface area (Å²) >= 11 is 0. The molecule has 1 aliphatic carbocycles. The molecule has 29 heavy (non-hydrogen) atoms. The fourth-order valence-corrected chi connectivity index (χ4v) is 5.63. The molecular formula is C22H28N4O3. The average Bonchev–Trinajstić information content (AvgIpc) is 3.39. The second-order valence-electron chi connectivity index (χ2n) is 9.10. The quantitative estimate of drug-likeness (QED) is 0.494. The number of hydrogen-bond acceptors (Lipinski definition) is 5. The fourth-order valence-electron chi connectivity index (χ4n) is 5.63. The van der Waals surface area contributed by atoms with Gasteiger partial charge in [0.05, 0.1) is 0 Å². The van der Waals surface area contributed by atoms with Gasteiger partial charge in [-0.25, -0.2) is 0 Å². The van der Waals surface area contributed by atoms with Gasteiger partial charge in [0.15, 0.2) is 0 Å². The Morgan fingerprint density at radius 3 is 2.83 bits per heavy atom. The number of imide groups is 1. The molecule has 3 N–H and O–H groups in total. The lowest BCUT2D eigenvalue weighted by Gasteiger charge is -2.29. The van der Waals surface area contributed by atoms with Gasteiger partial charge >= 0.3 is 0 Å². The zero-order chi connectivity index (χ0) is 20.0. The standard InChI is InChI=1S/C22H28N4O3/c27-18-5-4-17(20(28)25-18)26-12-15-3-1-2-14(19(15)21(26)29)11-23-9-8-22-7-6-16(10-22)24-13-22/h1-3,16-17,23-24H,4-13H2,(H,25,27,28). The van der Waals surface area contributed by atoms with Gasteiger partial charge in [-0.15, -0.1) is 0 Å². The van der Waals surface area contributed by atoms with E-state index < -0.39 is 6.04 Å². The molecule has 2 saturated heterocycles. The van der Waals surface area contributed by atoms with E-state index in [0.717, 1.165) is 35.8 Å². The van der Waals surface area contributed by atoms with Crippen LogP contribution in [0.2, 0.25) is 0 Å². The first-order valence-corrected chi connectivity index (χ1v) is 10.7. The maximum Gasteiger partial charge on any atom is 0.255 e. The van der Waals surface area contributed by atoms with Crippen LogP contribution in [0.3, 0.4) is 0 Å². The number of piperidine rings is 2. The van der Waals surface area contributed by atoms with Crippen LogP contribution in [0.15, 0.2) is 18.2 Å². The Bertz CT molecular complexity index is 860. The highest BCUT2D eigenvalue weighted by molar-refractivity contribution is 6.05. The van der Waals surface area contributed by atoms with Crippen molar-refractivity contribution in [2.24, 2.45) is 5.41 Å². The van der Waals surface area contributed by atoms with E-state index in [4.69, 9.17) is 0 Å². The molecule has 0 spiro atoms. The Morgan fingerprint density at radius 1 is 1.21 bits per heavy atom. The van der Waals surface area contributed by atoms with E-state index in [0.29, 0.717) is 24.9 Å². The molecule has 7 nitrogen and oxygen atoms in total. The third-order valence-electron chi connectivity index (χ3n) is 7.25. The summed E-state index contributed by atoms with van der Waals surface area (Å²) in [5.41, 5.74) is 3.16. The number of benzene rings is 1. The van der Waals surface area contributed by atoms with Crippen molar-refractivity contribution in [1.82, 2.24) is 20.9 Å². The lowest BCUT2D eigenvalue weighted by atomic mass is 9.84. The van der Waals surface area contributed by atoms with Gasteiger partial charge in [-0.3, -0.25) is 19.7 Å². The summed E-state index contributed by atoms with van der Waals surface area (Å²) in [5, 5.41) is 9.51. The van der Waals surface area contributed by atoms with Crippen molar-refractivity contribution in [2.45, 2.75) is 63.7 Å². The number of amides is 3. The molecule has 0 radical (unpaired) electrons. The Balaban J connectivity index is 1.23. The minimum Gasteiger partial charge on any atom is -0.322 e. The number of nitrogens with zero attached hydrogens (tertiary/aromatic N) is 1. The summed E-state index contributed by atoms with van der Waals surface area (Å²) in [7, 11) is 0. The normalized spacial score (nSPS) is 30.8. The SMILES string of the molecule is O=C1CCC(N2Cc3cccc(CNCCC45CCC(C4)NC5)c3C2=O)C(=O)N1. The Hall–Kier alpha value is -2.25. The number of carbonyl (C=O) groups is 3. The molecule has 5 rings (SSSR count). The van der Waals surface area contributed by atoms with E-state index >= 15 is 0 Å². The molecule has 3 atom stereocenters. The third-order valence-corrected chi connectivity index (χ3v) is 7.25. The van der Waals surface area contributed by atoms with Crippen molar-refractivity contribution < 1.29 is 14.4 Å². The lowest BCUT2D eigenvalue weighted by molar-refractivity contribution is -0.136. The molecule has 0 aromatic heterocycles. The highest BCUT2D eigenvalue weighted by Gasteiger charge is 2.44. The average molecular weight is 396 g/mol. The fraction of sp³-hybridized carbons (Fsp3) is 0.591. The molecule has 4 aliphatic rings. The van der Waals surface area contributed by atoms with Crippen LogP contribution in [0.25, 0.3) is 0 Å². The highest BCUT2D eigenvalue weighted by atomic mass is 16.2. The van der Waals surface area contributed by atoms with Gasteiger partial charge in [0, 0.05) is 37.7 Å². The van der Waals surface area contributed by atoms with Crippen LogP contribution in [-0.2, 0) is 22.7 Å². The smallest absolute Gasteiger partial charge is 0.255 e. The molecule has 3 fully saturated rings. The van der Waals surface area contributed by atoms with Crippen molar-refractivity contribution in [3.05, 3.63) is 34.9 Å². The van der Waals surface area contributed by atoms with Crippen LogP contribution in [0.5, 0.6) is 0 Å².